The lowest BCUT2D eigenvalue weighted by Gasteiger charge is -2.14. The van der Waals surface area contributed by atoms with Crippen LogP contribution in [0.3, 0.4) is 0 Å². The van der Waals surface area contributed by atoms with Gasteiger partial charge in [0.1, 0.15) is 0 Å². The minimum atomic E-state index is -4.85. The fourth-order valence-corrected chi connectivity index (χ4v) is 1.58. The molecule has 1 aromatic rings. The molecule has 0 amide bonds. The van der Waals surface area contributed by atoms with E-state index in [0.29, 0.717) is 0 Å². The zero-order valence-corrected chi connectivity index (χ0v) is 8.88. The number of aromatic nitrogens is 1. The fraction of sp³-hybridized carbons (Fsp3) is 0.375. The van der Waals surface area contributed by atoms with Gasteiger partial charge in [-0.25, -0.2) is 8.42 Å². The van der Waals surface area contributed by atoms with E-state index in [-0.39, 0.29) is 4.90 Å². The number of pyridine rings is 1. The zero-order chi connectivity index (χ0) is 12.6. The fourth-order valence-electron chi connectivity index (χ4n) is 0.977. The van der Waals surface area contributed by atoms with Gasteiger partial charge in [0.25, 0.3) is 0 Å². The van der Waals surface area contributed by atoms with Gasteiger partial charge in [-0.1, -0.05) is 0 Å². The Hall–Kier alpha value is -1.15. The molecule has 0 aliphatic heterocycles. The van der Waals surface area contributed by atoms with Gasteiger partial charge in [-0.3, -0.25) is 4.98 Å². The van der Waals surface area contributed by atoms with E-state index in [4.69, 9.17) is 5.11 Å². The topological polar surface area (TPSA) is 67.3 Å². The highest BCUT2D eigenvalue weighted by Crippen LogP contribution is 2.32. The van der Waals surface area contributed by atoms with Gasteiger partial charge in [0.2, 0.25) is 0 Å². The summed E-state index contributed by atoms with van der Waals surface area (Å²) in [6.07, 6.45) is -5.05. The molecular weight excluding hydrogens is 247 g/mol. The van der Waals surface area contributed by atoms with Gasteiger partial charge < -0.3 is 5.11 Å². The van der Waals surface area contributed by atoms with Crippen LogP contribution in [0.4, 0.5) is 13.2 Å². The highest BCUT2D eigenvalue weighted by molar-refractivity contribution is 7.90. The van der Waals surface area contributed by atoms with Crippen molar-refractivity contribution in [1.29, 1.82) is 0 Å². The van der Waals surface area contributed by atoms with Crippen molar-refractivity contribution in [3.8, 4) is 0 Å². The van der Waals surface area contributed by atoms with Crippen molar-refractivity contribution in [2.45, 2.75) is 17.2 Å². The summed E-state index contributed by atoms with van der Waals surface area (Å²) >= 11 is 0. The number of alkyl halides is 3. The Labute approximate surface area is 89.7 Å². The van der Waals surface area contributed by atoms with Gasteiger partial charge in [-0.15, -0.1) is 0 Å². The van der Waals surface area contributed by atoms with E-state index in [1.807, 2.05) is 0 Å². The molecule has 0 aliphatic rings. The maximum Gasteiger partial charge on any atom is 0.418 e. The number of hydrogen-bond acceptors (Lipinski definition) is 4. The smallest absolute Gasteiger partial charge is 0.379 e. The Morgan fingerprint density at radius 1 is 1.38 bits per heavy atom. The van der Waals surface area contributed by atoms with Crippen LogP contribution in [0.5, 0.6) is 0 Å². The molecule has 1 aromatic heterocycles. The molecule has 0 unspecified atom stereocenters. The third-order valence-corrected chi connectivity index (χ3v) is 2.87. The second-order valence-corrected chi connectivity index (χ2v) is 5.19. The molecule has 0 spiro atoms. The molecule has 0 fully saturated rings. The molecule has 1 rings (SSSR count). The standard InChI is InChI=1S/C8H8F3NO3S/c1-16(14,15)6-2-5(3-12-4-6)7(13)8(9,10)11/h2-4,7,13H,1H3/t7-/m0/s1. The van der Waals surface area contributed by atoms with Crippen LogP contribution in [0.2, 0.25) is 0 Å². The van der Waals surface area contributed by atoms with Crippen molar-refractivity contribution in [2.24, 2.45) is 0 Å². The number of nitrogens with zero attached hydrogens (tertiary/aromatic N) is 1. The predicted molar refractivity (Wildman–Crippen MR) is 48.4 cm³/mol. The van der Waals surface area contributed by atoms with Gasteiger partial charge in [0.15, 0.2) is 15.9 Å². The van der Waals surface area contributed by atoms with Crippen molar-refractivity contribution < 1.29 is 26.7 Å². The number of aliphatic hydroxyl groups excluding tert-OH is 1. The number of sulfone groups is 1. The zero-order valence-electron chi connectivity index (χ0n) is 8.06. The molecule has 0 aliphatic carbocycles. The minimum absolute atomic E-state index is 0.367. The monoisotopic (exact) mass is 255 g/mol. The number of aliphatic hydroxyl groups is 1. The first-order valence-electron chi connectivity index (χ1n) is 4.02. The average molecular weight is 255 g/mol. The molecule has 1 heterocycles. The van der Waals surface area contributed by atoms with E-state index in [1.54, 1.807) is 0 Å². The van der Waals surface area contributed by atoms with Crippen LogP contribution >= 0.6 is 0 Å². The lowest BCUT2D eigenvalue weighted by atomic mass is 10.1. The van der Waals surface area contributed by atoms with Crippen molar-refractivity contribution in [3.05, 3.63) is 24.0 Å². The number of rotatable bonds is 2. The Morgan fingerprint density at radius 2 is 1.94 bits per heavy atom. The Bertz CT molecular complexity index is 484. The van der Waals surface area contributed by atoms with Crippen molar-refractivity contribution in [3.63, 3.8) is 0 Å². The maximum atomic E-state index is 12.1. The van der Waals surface area contributed by atoms with E-state index in [0.717, 1.165) is 24.7 Å². The van der Waals surface area contributed by atoms with E-state index >= 15 is 0 Å². The molecule has 16 heavy (non-hydrogen) atoms. The molecule has 0 bridgehead atoms. The lowest BCUT2D eigenvalue weighted by Crippen LogP contribution is -2.20. The van der Waals surface area contributed by atoms with Crippen molar-refractivity contribution >= 4 is 9.84 Å². The van der Waals surface area contributed by atoms with E-state index in [2.05, 4.69) is 4.98 Å². The SMILES string of the molecule is CS(=O)(=O)c1cncc([C@H](O)C(F)(F)F)c1. The van der Waals surface area contributed by atoms with Crippen LogP contribution in [-0.2, 0) is 9.84 Å². The summed E-state index contributed by atoms with van der Waals surface area (Å²) < 4.78 is 58.5. The summed E-state index contributed by atoms with van der Waals surface area (Å²) in [7, 11) is -3.65. The molecule has 1 N–H and O–H groups in total. The molecule has 90 valence electrons. The molecule has 1 atom stereocenters. The normalized spacial score (nSPS) is 14.8. The number of hydrogen-bond donors (Lipinski definition) is 1. The van der Waals surface area contributed by atoms with Crippen LogP contribution < -0.4 is 0 Å². The van der Waals surface area contributed by atoms with E-state index in [1.165, 1.54) is 0 Å². The van der Waals surface area contributed by atoms with Crippen molar-refractivity contribution in [1.82, 2.24) is 4.98 Å². The minimum Gasteiger partial charge on any atom is -0.379 e. The first-order valence-corrected chi connectivity index (χ1v) is 5.91. The van der Waals surface area contributed by atoms with Gasteiger partial charge in [0, 0.05) is 24.2 Å². The second kappa shape index (κ2) is 4.02. The summed E-state index contributed by atoms with van der Waals surface area (Å²) in [6.45, 7) is 0. The lowest BCUT2D eigenvalue weighted by molar-refractivity contribution is -0.206. The second-order valence-electron chi connectivity index (χ2n) is 3.17. The summed E-state index contributed by atoms with van der Waals surface area (Å²) in [4.78, 5) is 2.98. The Balaban J connectivity index is 3.19. The van der Waals surface area contributed by atoms with Crippen molar-refractivity contribution in [2.75, 3.05) is 6.26 Å². The first kappa shape index (κ1) is 12.9. The van der Waals surface area contributed by atoms with Crippen LogP contribution in [0, 0.1) is 0 Å². The first-order chi connectivity index (χ1) is 7.12. The quantitative estimate of drug-likeness (QED) is 0.858. The maximum absolute atomic E-state index is 12.1. The van der Waals surface area contributed by atoms with Gasteiger partial charge in [-0.2, -0.15) is 13.2 Å². The summed E-state index contributed by atoms with van der Waals surface area (Å²) in [5.41, 5.74) is -0.601. The third-order valence-electron chi connectivity index (χ3n) is 1.79. The van der Waals surface area contributed by atoms with Gasteiger partial charge in [0.05, 0.1) is 4.90 Å². The van der Waals surface area contributed by atoms with Crippen LogP contribution in [0.25, 0.3) is 0 Å². The van der Waals surface area contributed by atoms with E-state index in [9.17, 15) is 21.6 Å². The van der Waals surface area contributed by atoms with E-state index < -0.39 is 27.7 Å². The predicted octanol–water partition coefficient (Wildman–Crippen LogP) is 1.08. The largest absolute Gasteiger partial charge is 0.418 e. The highest BCUT2D eigenvalue weighted by atomic mass is 32.2. The highest BCUT2D eigenvalue weighted by Gasteiger charge is 2.39. The summed E-state index contributed by atoms with van der Waals surface area (Å²) in [5, 5.41) is 8.89. The van der Waals surface area contributed by atoms with Crippen LogP contribution in [0.15, 0.2) is 23.4 Å². The third kappa shape index (κ3) is 2.92. The molecule has 0 saturated heterocycles. The average Bonchev–Trinajstić information content (AvgIpc) is 2.14. The van der Waals surface area contributed by atoms with Crippen LogP contribution in [-0.4, -0.2) is 30.9 Å². The molecule has 0 radical (unpaired) electrons. The molecule has 0 aromatic carbocycles. The summed E-state index contributed by atoms with van der Waals surface area (Å²) in [5.74, 6) is 0. The summed E-state index contributed by atoms with van der Waals surface area (Å²) in [6, 6.07) is 0.750. The Kier molecular flexibility index (Phi) is 3.25. The molecule has 4 nitrogen and oxygen atoms in total. The van der Waals surface area contributed by atoms with Crippen LogP contribution in [0.1, 0.15) is 11.7 Å². The molecular formula is C8H8F3NO3S. The van der Waals surface area contributed by atoms with Gasteiger partial charge >= 0.3 is 6.18 Å². The Morgan fingerprint density at radius 3 is 2.38 bits per heavy atom. The molecule has 8 heteroatoms. The molecule has 0 saturated carbocycles. The van der Waals surface area contributed by atoms with Gasteiger partial charge in [-0.05, 0) is 6.07 Å². The number of halogens is 3.